The summed E-state index contributed by atoms with van der Waals surface area (Å²) in [5.74, 6) is -2.37. The second-order valence-corrected chi connectivity index (χ2v) is 5.99. The summed E-state index contributed by atoms with van der Waals surface area (Å²) in [6.07, 6.45) is 1.13. The standard InChI is InChI=1S/C16H19N3O6/c1-17(15(21)11-4-2-6-13(8-11)19(24)25)10-14(20)18-7-3-5-12(9-18)16(22)23/h2,4,6,8,12H,3,5,7,9-10H2,1H3,(H,22,23). The maximum absolute atomic E-state index is 12.3. The zero-order chi connectivity index (χ0) is 18.6. The van der Waals surface area contributed by atoms with Gasteiger partial charge in [-0.2, -0.15) is 0 Å². The van der Waals surface area contributed by atoms with Gasteiger partial charge in [-0.05, 0) is 18.9 Å². The quantitative estimate of drug-likeness (QED) is 0.625. The lowest BCUT2D eigenvalue weighted by Crippen LogP contribution is -2.46. The van der Waals surface area contributed by atoms with Crippen molar-refractivity contribution in [3.05, 3.63) is 39.9 Å². The molecule has 9 nitrogen and oxygen atoms in total. The van der Waals surface area contributed by atoms with Gasteiger partial charge in [-0.15, -0.1) is 0 Å². The summed E-state index contributed by atoms with van der Waals surface area (Å²) in [5.41, 5.74) is -0.0857. The van der Waals surface area contributed by atoms with Crippen molar-refractivity contribution in [1.29, 1.82) is 0 Å². The van der Waals surface area contributed by atoms with Gasteiger partial charge in [0.25, 0.3) is 11.6 Å². The number of likely N-dealkylation sites (N-methyl/N-ethyl adjacent to an activating group) is 1. The van der Waals surface area contributed by atoms with E-state index >= 15 is 0 Å². The molecule has 0 bridgehead atoms. The number of nitro groups is 1. The van der Waals surface area contributed by atoms with E-state index in [0.29, 0.717) is 19.4 Å². The first kappa shape index (κ1) is 18.4. The molecule has 0 aromatic heterocycles. The number of rotatable bonds is 5. The molecule has 25 heavy (non-hydrogen) atoms. The second-order valence-electron chi connectivity index (χ2n) is 5.99. The van der Waals surface area contributed by atoms with Crippen molar-refractivity contribution >= 4 is 23.5 Å². The molecule has 0 radical (unpaired) electrons. The third-order valence-corrected chi connectivity index (χ3v) is 4.15. The van der Waals surface area contributed by atoms with Crippen molar-refractivity contribution in [2.45, 2.75) is 12.8 Å². The van der Waals surface area contributed by atoms with Gasteiger partial charge < -0.3 is 14.9 Å². The van der Waals surface area contributed by atoms with E-state index in [1.54, 1.807) is 0 Å². The number of aliphatic carboxylic acids is 1. The summed E-state index contributed by atoms with van der Waals surface area (Å²) >= 11 is 0. The average molecular weight is 349 g/mol. The third kappa shape index (κ3) is 4.52. The minimum Gasteiger partial charge on any atom is -0.481 e. The molecule has 0 saturated carbocycles. The normalized spacial score (nSPS) is 17.0. The lowest BCUT2D eigenvalue weighted by molar-refractivity contribution is -0.384. The van der Waals surface area contributed by atoms with Crippen LogP contribution in [-0.2, 0) is 9.59 Å². The minimum atomic E-state index is -0.932. The number of piperidine rings is 1. The van der Waals surface area contributed by atoms with E-state index in [1.807, 2.05) is 0 Å². The largest absolute Gasteiger partial charge is 0.481 e. The van der Waals surface area contributed by atoms with Crippen LogP contribution in [0.4, 0.5) is 5.69 Å². The monoisotopic (exact) mass is 349 g/mol. The first-order valence-electron chi connectivity index (χ1n) is 7.80. The Hall–Kier alpha value is -2.97. The van der Waals surface area contributed by atoms with Crippen LogP contribution in [-0.4, -0.2) is 64.3 Å². The Kier molecular flexibility index (Phi) is 5.68. The van der Waals surface area contributed by atoms with Gasteiger partial charge in [0.1, 0.15) is 0 Å². The van der Waals surface area contributed by atoms with Crippen LogP contribution in [0.25, 0.3) is 0 Å². The highest BCUT2D eigenvalue weighted by Crippen LogP contribution is 2.18. The van der Waals surface area contributed by atoms with E-state index < -0.39 is 22.7 Å². The molecule has 9 heteroatoms. The number of carboxylic acids is 1. The van der Waals surface area contributed by atoms with E-state index in [0.717, 1.165) is 6.07 Å². The van der Waals surface area contributed by atoms with Crippen LogP contribution in [0.1, 0.15) is 23.2 Å². The fraction of sp³-hybridized carbons (Fsp3) is 0.438. The predicted octanol–water partition coefficient (Wildman–Crippen LogP) is 0.990. The molecule has 1 atom stereocenters. The zero-order valence-electron chi connectivity index (χ0n) is 13.8. The first-order valence-corrected chi connectivity index (χ1v) is 7.80. The van der Waals surface area contributed by atoms with Crippen molar-refractivity contribution < 1.29 is 24.4 Å². The lowest BCUT2D eigenvalue weighted by atomic mass is 9.98. The van der Waals surface area contributed by atoms with Gasteiger partial charge in [-0.1, -0.05) is 6.07 Å². The number of nitrogens with zero attached hydrogens (tertiary/aromatic N) is 3. The van der Waals surface area contributed by atoms with Gasteiger partial charge in [0, 0.05) is 37.8 Å². The molecular formula is C16H19N3O6. The highest BCUT2D eigenvalue weighted by Gasteiger charge is 2.29. The number of nitro benzene ring substituents is 1. The number of benzene rings is 1. The lowest BCUT2D eigenvalue weighted by Gasteiger charge is -2.32. The first-order chi connectivity index (χ1) is 11.8. The van der Waals surface area contributed by atoms with Gasteiger partial charge >= 0.3 is 5.97 Å². The number of carbonyl (C=O) groups excluding carboxylic acids is 2. The number of amides is 2. The minimum absolute atomic E-state index is 0.117. The average Bonchev–Trinajstić information content (AvgIpc) is 2.61. The molecule has 1 aromatic carbocycles. The number of likely N-dealkylation sites (tertiary alicyclic amines) is 1. The van der Waals surface area contributed by atoms with Crippen LogP contribution in [0.2, 0.25) is 0 Å². The highest BCUT2D eigenvalue weighted by molar-refractivity contribution is 5.96. The number of hydrogen-bond acceptors (Lipinski definition) is 5. The summed E-state index contributed by atoms with van der Waals surface area (Å²) in [5, 5.41) is 19.9. The van der Waals surface area contributed by atoms with E-state index in [2.05, 4.69) is 0 Å². The van der Waals surface area contributed by atoms with Crippen molar-refractivity contribution in [2.24, 2.45) is 5.92 Å². The summed E-state index contributed by atoms with van der Waals surface area (Å²) in [7, 11) is 1.43. The van der Waals surface area contributed by atoms with Gasteiger partial charge in [0.05, 0.1) is 17.4 Å². The van der Waals surface area contributed by atoms with Crippen molar-refractivity contribution in [2.75, 3.05) is 26.7 Å². The van der Waals surface area contributed by atoms with Crippen LogP contribution < -0.4 is 0 Å². The molecule has 1 aromatic rings. The highest BCUT2D eigenvalue weighted by atomic mass is 16.6. The van der Waals surface area contributed by atoms with E-state index in [9.17, 15) is 24.5 Å². The van der Waals surface area contributed by atoms with Gasteiger partial charge in [0.2, 0.25) is 5.91 Å². The number of hydrogen-bond donors (Lipinski definition) is 1. The molecule has 0 aliphatic carbocycles. The molecule has 2 amide bonds. The van der Waals surface area contributed by atoms with Crippen molar-refractivity contribution in [1.82, 2.24) is 9.80 Å². The van der Waals surface area contributed by atoms with Gasteiger partial charge in [0.15, 0.2) is 0 Å². The Balaban J connectivity index is 2.01. The molecule has 1 aliphatic heterocycles. The Morgan fingerprint density at radius 3 is 2.76 bits per heavy atom. The number of non-ortho nitro benzene ring substituents is 1. The smallest absolute Gasteiger partial charge is 0.308 e. The molecule has 1 fully saturated rings. The maximum atomic E-state index is 12.3. The molecular weight excluding hydrogens is 330 g/mol. The molecule has 1 unspecified atom stereocenters. The molecule has 2 rings (SSSR count). The molecule has 134 valence electrons. The van der Waals surface area contributed by atoms with Gasteiger partial charge in [-0.25, -0.2) is 0 Å². The van der Waals surface area contributed by atoms with Crippen molar-refractivity contribution in [3.8, 4) is 0 Å². The molecule has 1 aliphatic rings. The Morgan fingerprint density at radius 1 is 1.40 bits per heavy atom. The van der Waals surface area contributed by atoms with Crippen LogP contribution >= 0.6 is 0 Å². The number of carbonyl (C=O) groups is 3. The second kappa shape index (κ2) is 7.73. The molecule has 1 heterocycles. The Morgan fingerprint density at radius 2 is 2.12 bits per heavy atom. The predicted molar refractivity (Wildman–Crippen MR) is 87.0 cm³/mol. The van der Waals surface area contributed by atoms with Gasteiger partial charge in [-0.3, -0.25) is 24.5 Å². The molecule has 1 saturated heterocycles. The van der Waals surface area contributed by atoms with E-state index in [-0.39, 0.29) is 30.2 Å². The topological polar surface area (TPSA) is 121 Å². The Bertz CT molecular complexity index is 705. The fourth-order valence-electron chi connectivity index (χ4n) is 2.75. The maximum Gasteiger partial charge on any atom is 0.308 e. The Labute approximate surface area is 144 Å². The third-order valence-electron chi connectivity index (χ3n) is 4.15. The number of carboxylic acid groups (broad SMARTS) is 1. The van der Waals surface area contributed by atoms with Crippen LogP contribution in [0, 0.1) is 16.0 Å². The van der Waals surface area contributed by atoms with Crippen LogP contribution in [0.5, 0.6) is 0 Å². The van der Waals surface area contributed by atoms with E-state index in [1.165, 1.54) is 35.0 Å². The fourth-order valence-corrected chi connectivity index (χ4v) is 2.75. The summed E-state index contributed by atoms with van der Waals surface area (Å²) in [6.45, 7) is 0.377. The summed E-state index contributed by atoms with van der Waals surface area (Å²) in [6, 6.07) is 5.28. The van der Waals surface area contributed by atoms with Crippen molar-refractivity contribution in [3.63, 3.8) is 0 Å². The summed E-state index contributed by atoms with van der Waals surface area (Å²) < 4.78 is 0. The van der Waals surface area contributed by atoms with E-state index in [4.69, 9.17) is 5.11 Å². The zero-order valence-corrected chi connectivity index (χ0v) is 13.8. The van der Waals surface area contributed by atoms with Crippen LogP contribution in [0.3, 0.4) is 0 Å². The molecule has 1 N–H and O–H groups in total. The molecule has 0 spiro atoms. The SMILES string of the molecule is CN(CC(=O)N1CCCC(C(=O)O)C1)C(=O)c1cccc([N+](=O)[O-])c1. The summed E-state index contributed by atoms with van der Waals surface area (Å²) in [4.78, 5) is 48.5. The van der Waals surface area contributed by atoms with Crippen LogP contribution in [0.15, 0.2) is 24.3 Å².